The molecule has 0 saturated heterocycles. The van der Waals surface area contributed by atoms with Gasteiger partial charge in [0.1, 0.15) is 11.6 Å². The van der Waals surface area contributed by atoms with Crippen molar-refractivity contribution in [1.29, 1.82) is 0 Å². The molecule has 0 saturated carbocycles. The van der Waals surface area contributed by atoms with Crippen LogP contribution in [0.15, 0.2) is 89.8 Å². The first-order chi connectivity index (χ1) is 21.8. The number of likely N-dealkylation sites (N-methyl/N-ethyl adjacent to an activating group) is 1. The van der Waals surface area contributed by atoms with Crippen LogP contribution in [0.5, 0.6) is 0 Å². The number of thioether (sulfide) groups is 1. The zero-order valence-corrected chi connectivity index (χ0v) is 27.0. The summed E-state index contributed by atoms with van der Waals surface area (Å²) < 4.78 is 0. The third-order valence-electron chi connectivity index (χ3n) is 7.71. The van der Waals surface area contributed by atoms with E-state index in [2.05, 4.69) is 88.9 Å². The summed E-state index contributed by atoms with van der Waals surface area (Å²) in [6, 6.07) is 28.8. The monoisotopic (exact) mass is 617 g/mol. The zero-order valence-electron chi connectivity index (χ0n) is 26.2. The van der Waals surface area contributed by atoms with Crippen LogP contribution in [0.1, 0.15) is 16.8 Å². The highest BCUT2D eigenvalue weighted by atomic mass is 32.2. The number of H-pyrrole nitrogens is 2. The van der Waals surface area contributed by atoms with Crippen LogP contribution in [0.25, 0.3) is 56.0 Å². The number of hydrogen-bond donors (Lipinski definition) is 3. The van der Waals surface area contributed by atoms with E-state index in [0.29, 0.717) is 12.1 Å². The van der Waals surface area contributed by atoms with Gasteiger partial charge in [-0.3, -0.25) is 4.79 Å². The maximum Gasteiger partial charge on any atom is 0.251 e. The molecule has 2 aromatic heterocycles. The van der Waals surface area contributed by atoms with Crippen molar-refractivity contribution >= 4 is 39.7 Å². The molecule has 0 radical (unpaired) electrons. The summed E-state index contributed by atoms with van der Waals surface area (Å²) in [5.41, 5.74) is 8.63. The second kappa shape index (κ2) is 13.7. The van der Waals surface area contributed by atoms with Gasteiger partial charge < -0.3 is 25.1 Å². The molecule has 9 heteroatoms. The van der Waals surface area contributed by atoms with E-state index >= 15 is 0 Å². The molecule has 45 heavy (non-hydrogen) atoms. The highest BCUT2D eigenvalue weighted by Gasteiger charge is 2.11. The van der Waals surface area contributed by atoms with Gasteiger partial charge in [0.25, 0.3) is 5.91 Å². The Labute approximate surface area is 268 Å². The van der Waals surface area contributed by atoms with Crippen LogP contribution in [0.3, 0.4) is 0 Å². The van der Waals surface area contributed by atoms with Crippen LogP contribution >= 0.6 is 11.8 Å². The minimum absolute atomic E-state index is 0.0716. The second-order valence-corrected chi connectivity index (χ2v) is 13.0. The first-order valence-corrected chi connectivity index (χ1v) is 16.2. The number of benzene rings is 4. The Morgan fingerprint density at radius 1 is 0.689 bits per heavy atom. The third-order valence-corrected chi connectivity index (χ3v) is 8.81. The molecule has 0 aliphatic heterocycles. The number of aromatic nitrogens is 4. The number of hydrogen-bond acceptors (Lipinski definition) is 6. The molecule has 0 aliphatic rings. The van der Waals surface area contributed by atoms with Gasteiger partial charge in [0.15, 0.2) is 0 Å². The first kappa shape index (κ1) is 30.6. The van der Waals surface area contributed by atoms with Crippen LogP contribution in [-0.4, -0.2) is 89.2 Å². The molecule has 4 aromatic carbocycles. The molecule has 0 fully saturated rings. The molecule has 0 unspecified atom stereocenters. The van der Waals surface area contributed by atoms with Crippen LogP contribution in [0.2, 0.25) is 0 Å². The number of amides is 1. The van der Waals surface area contributed by atoms with Gasteiger partial charge in [-0.15, -0.1) is 11.8 Å². The van der Waals surface area contributed by atoms with Crippen LogP contribution in [0.4, 0.5) is 0 Å². The molecule has 0 bridgehead atoms. The third kappa shape index (κ3) is 7.45. The lowest BCUT2D eigenvalue weighted by molar-refractivity contribution is 0.0951. The highest BCUT2D eigenvalue weighted by Crippen LogP contribution is 2.30. The van der Waals surface area contributed by atoms with Crippen molar-refractivity contribution in [1.82, 2.24) is 35.1 Å². The summed E-state index contributed by atoms with van der Waals surface area (Å²) >= 11 is 1.90. The number of imidazole rings is 2. The summed E-state index contributed by atoms with van der Waals surface area (Å²) in [7, 11) is 8.20. The Balaban J connectivity index is 1.15. The average molecular weight is 618 g/mol. The van der Waals surface area contributed by atoms with E-state index in [4.69, 9.17) is 9.97 Å². The lowest BCUT2D eigenvalue weighted by atomic mass is 10.0. The Morgan fingerprint density at radius 2 is 1.20 bits per heavy atom. The van der Waals surface area contributed by atoms with Gasteiger partial charge in [-0.1, -0.05) is 36.4 Å². The summed E-state index contributed by atoms with van der Waals surface area (Å²) in [5.74, 6) is 2.68. The molecular formula is C36H39N7OS. The summed E-state index contributed by atoms with van der Waals surface area (Å²) in [6.45, 7) is 2.52. The minimum Gasteiger partial charge on any atom is -0.351 e. The van der Waals surface area contributed by atoms with Crippen LogP contribution < -0.4 is 5.32 Å². The molecular weight excluding hydrogens is 579 g/mol. The lowest BCUT2D eigenvalue weighted by Crippen LogP contribution is -2.31. The van der Waals surface area contributed by atoms with Crippen molar-refractivity contribution in [3.8, 4) is 33.9 Å². The highest BCUT2D eigenvalue weighted by molar-refractivity contribution is 7.99. The lowest BCUT2D eigenvalue weighted by Gasteiger charge is -2.10. The van der Waals surface area contributed by atoms with E-state index in [1.807, 2.05) is 61.1 Å². The summed E-state index contributed by atoms with van der Waals surface area (Å²) in [6.07, 6.45) is 1.17. The normalized spacial score (nSPS) is 11.7. The Hall–Kier alpha value is -4.44. The molecule has 2 heterocycles. The predicted octanol–water partition coefficient (Wildman–Crippen LogP) is 6.78. The molecule has 0 atom stereocenters. The largest absolute Gasteiger partial charge is 0.351 e. The second-order valence-electron chi connectivity index (χ2n) is 11.8. The fourth-order valence-electron chi connectivity index (χ4n) is 5.21. The summed E-state index contributed by atoms with van der Waals surface area (Å²) in [5, 5.41) is 2.95. The number of nitrogens with one attached hydrogen (secondary N) is 3. The molecule has 3 N–H and O–H groups in total. The van der Waals surface area contributed by atoms with Crippen molar-refractivity contribution < 1.29 is 4.79 Å². The molecule has 0 spiro atoms. The standard InChI is InChI=1S/C36H39N7OS/c1-42(2)19-5-21-45-29-14-10-25(11-15-29)35-39-31-17-13-28(23-33(31)41-35)27-12-16-30-32(22-27)40-34(38-30)24-6-8-26(9-7-24)36(44)37-18-20-43(3)4/h6-17,22-23H,5,18-21H2,1-4H3,(H,37,44)(H,38,40)(H,39,41). The molecule has 0 aliphatic carbocycles. The van der Waals surface area contributed by atoms with Gasteiger partial charge in [-0.2, -0.15) is 0 Å². The fourth-order valence-corrected chi connectivity index (χ4v) is 6.04. The van der Waals surface area contributed by atoms with E-state index in [0.717, 1.165) is 74.8 Å². The van der Waals surface area contributed by atoms with Crippen LogP contribution in [-0.2, 0) is 0 Å². The summed E-state index contributed by atoms with van der Waals surface area (Å²) in [4.78, 5) is 34.6. The molecule has 6 aromatic rings. The number of carbonyl (C=O) groups is 1. The van der Waals surface area contributed by atoms with E-state index < -0.39 is 0 Å². The van der Waals surface area contributed by atoms with Crippen molar-refractivity contribution in [2.75, 3.05) is 53.6 Å². The molecule has 8 nitrogen and oxygen atoms in total. The zero-order chi connectivity index (χ0) is 31.3. The van der Waals surface area contributed by atoms with E-state index in [-0.39, 0.29) is 5.91 Å². The Morgan fingerprint density at radius 3 is 1.73 bits per heavy atom. The maximum atomic E-state index is 12.4. The van der Waals surface area contributed by atoms with E-state index in [1.165, 1.54) is 11.3 Å². The van der Waals surface area contributed by atoms with E-state index in [1.54, 1.807) is 0 Å². The van der Waals surface area contributed by atoms with Crippen molar-refractivity contribution in [3.05, 3.63) is 90.5 Å². The first-order valence-electron chi connectivity index (χ1n) is 15.2. The number of rotatable bonds is 12. The van der Waals surface area contributed by atoms with Gasteiger partial charge in [0.05, 0.1) is 22.1 Å². The minimum atomic E-state index is -0.0716. The van der Waals surface area contributed by atoms with Crippen molar-refractivity contribution in [2.45, 2.75) is 11.3 Å². The van der Waals surface area contributed by atoms with E-state index in [9.17, 15) is 4.79 Å². The van der Waals surface area contributed by atoms with Gasteiger partial charge in [0, 0.05) is 34.7 Å². The molecule has 230 valence electrons. The number of fused-ring (bicyclic) bond motifs is 2. The molecule has 6 rings (SSSR count). The van der Waals surface area contributed by atoms with Crippen molar-refractivity contribution in [3.63, 3.8) is 0 Å². The maximum absolute atomic E-state index is 12.4. The van der Waals surface area contributed by atoms with Gasteiger partial charge in [0.2, 0.25) is 0 Å². The predicted molar refractivity (Wildman–Crippen MR) is 187 cm³/mol. The number of nitrogens with zero attached hydrogens (tertiary/aromatic N) is 4. The van der Waals surface area contributed by atoms with Gasteiger partial charge in [-0.05, 0) is 107 Å². The number of carbonyl (C=O) groups excluding carboxylic acids is 1. The van der Waals surface area contributed by atoms with Crippen molar-refractivity contribution in [2.24, 2.45) is 0 Å². The smallest absolute Gasteiger partial charge is 0.251 e. The van der Waals surface area contributed by atoms with Crippen LogP contribution in [0, 0.1) is 0 Å². The molecule has 1 amide bonds. The quantitative estimate of drug-likeness (QED) is 0.104. The topological polar surface area (TPSA) is 92.9 Å². The van der Waals surface area contributed by atoms with Gasteiger partial charge in [-0.25, -0.2) is 9.97 Å². The Kier molecular flexibility index (Phi) is 9.30. The SMILES string of the molecule is CN(C)CCCSc1ccc(-c2nc3ccc(-c4ccc5nc(-c6ccc(C(=O)NCCN(C)C)cc6)[nH]c5c4)cc3[nH]2)cc1. The Bertz CT molecular complexity index is 1910. The fraction of sp³-hybridized carbons (Fsp3) is 0.250. The number of aromatic amines is 2. The van der Waals surface area contributed by atoms with Gasteiger partial charge >= 0.3 is 0 Å². The average Bonchev–Trinajstić information content (AvgIpc) is 3.67.